The van der Waals surface area contributed by atoms with Gasteiger partial charge in [0.05, 0.1) is 0 Å². The molecule has 0 saturated heterocycles. The fraction of sp³-hybridized carbons (Fsp3) is 0.750. The Balaban J connectivity index is 4.32. The van der Waals surface area contributed by atoms with Gasteiger partial charge in [-0.2, -0.15) is 0 Å². The fourth-order valence-corrected chi connectivity index (χ4v) is 1.11. The summed E-state index contributed by atoms with van der Waals surface area (Å²) in [6.45, 7) is 1.21. The van der Waals surface area contributed by atoms with Gasteiger partial charge in [0, 0.05) is 38.3 Å². The van der Waals surface area contributed by atoms with E-state index in [-0.39, 0.29) is 0 Å². The molecular weight excluding hydrogens is 152 g/mol. The van der Waals surface area contributed by atoms with E-state index in [0.29, 0.717) is 13.1 Å². The van der Waals surface area contributed by atoms with Gasteiger partial charge in [0.25, 0.3) is 0 Å². The molecule has 0 aliphatic heterocycles. The molecule has 0 saturated carbocycles. The Labute approximate surface area is 74.4 Å². The summed E-state index contributed by atoms with van der Waals surface area (Å²) in [5.41, 5.74) is 18.6. The van der Waals surface area contributed by atoms with E-state index >= 15 is 0 Å². The van der Waals surface area contributed by atoms with Crippen LogP contribution in [-0.2, 0) is 0 Å². The lowest BCUT2D eigenvalue weighted by Gasteiger charge is -2.19. The highest BCUT2D eigenvalue weighted by Gasteiger charge is 2.03. The van der Waals surface area contributed by atoms with Gasteiger partial charge < -0.3 is 22.1 Å². The standard InChI is InChI=1S/C8H20N4/c1-12(2)8(4-6-10)7(11)3-5-9/h3-6,9-11H2,1-2H3. The third kappa shape index (κ3) is 3.59. The molecule has 0 aliphatic carbocycles. The van der Waals surface area contributed by atoms with E-state index in [1.54, 1.807) is 0 Å². The third-order valence-corrected chi connectivity index (χ3v) is 1.71. The topological polar surface area (TPSA) is 81.3 Å². The third-order valence-electron chi connectivity index (χ3n) is 1.71. The Kier molecular flexibility index (Phi) is 5.49. The van der Waals surface area contributed by atoms with Gasteiger partial charge in [-0.05, 0) is 13.1 Å². The Morgan fingerprint density at radius 3 is 1.92 bits per heavy atom. The van der Waals surface area contributed by atoms with Crippen molar-refractivity contribution in [3.63, 3.8) is 0 Å². The lowest BCUT2D eigenvalue weighted by Crippen LogP contribution is -2.21. The van der Waals surface area contributed by atoms with Crippen LogP contribution in [0.15, 0.2) is 11.4 Å². The van der Waals surface area contributed by atoms with E-state index < -0.39 is 0 Å². The quantitative estimate of drug-likeness (QED) is 0.518. The van der Waals surface area contributed by atoms with Crippen LogP contribution in [0, 0.1) is 0 Å². The lowest BCUT2D eigenvalue weighted by atomic mass is 10.2. The first-order chi connectivity index (χ1) is 5.63. The van der Waals surface area contributed by atoms with Crippen molar-refractivity contribution in [3.8, 4) is 0 Å². The number of nitrogens with two attached hydrogens (primary N) is 3. The van der Waals surface area contributed by atoms with Gasteiger partial charge in [-0.25, -0.2) is 0 Å². The first-order valence-electron chi connectivity index (χ1n) is 4.18. The van der Waals surface area contributed by atoms with Gasteiger partial charge in [-0.15, -0.1) is 0 Å². The van der Waals surface area contributed by atoms with Crippen molar-refractivity contribution in [1.82, 2.24) is 4.90 Å². The van der Waals surface area contributed by atoms with Crippen LogP contribution < -0.4 is 17.2 Å². The summed E-state index contributed by atoms with van der Waals surface area (Å²) in [5, 5.41) is 0. The average Bonchev–Trinajstić information content (AvgIpc) is 1.99. The molecule has 4 nitrogen and oxygen atoms in total. The van der Waals surface area contributed by atoms with Gasteiger partial charge in [0.15, 0.2) is 0 Å². The predicted molar refractivity (Wildman–Crippen MR) is 52.2 cm³/mol. The summed E-state index contributed by atoms with van der Waals surface area (Å²) in [4.78, 5) is 2.00. The van der Waals surface area contributed by atoms with E-state index in [0.717, 1.165) is 24.2 Å². The largest absolute Gasteiger partial charge is 0.401 e. The van der Waals surface area contributed by atoms with Crippen molar-refractivity contribution in [2.45, 2.75) is 12.8 Å². The maximum atomic E-state index is 5.82. The molecule has 0 amide bonds. The molecule has 0 aromatic heterocycles. The molecule has 0 fully saturated rings. The minimum Gasteiger partial charge on any atom is -0.401 e. The molecule has 0 aromatic carbocycles. The number of hydrogen-bond donors (Lipinski definition) is 3. The molecule has 0 rings (SSSR count). The second-order valence-electron chi connectivity index (χ2n) is 2.94. The highest BCUT2D eigenvalue weighted by molar-refractivity contribution is 5.09. The van der Waals surface area contributed by atoms with Crippen molar-refractivity contribution in [2.75, 3.05) is 27.2 Å². The van der Waals surface area contributed by atoms with E-state index in [9.17, 15) is 0 Å². The molecule has 0 spiro atoms. The maximum absolute atomic E-state index is 5.82. The highest BCUT2D eigenvalue weighted by atomic mass is 15.1. The maximum Gasteiger partial charge on any atom is 0.0331 e. The van der Waals surface area contributed by atoms with Crippen LogP contribution in [0.3, 0.4) is 0 Å². The van der Waals surface area contributed by atoms with Crippen molar-refractivity contribution < 1.29 is 0 Å². The molecule has 4 heteroatoms. The monoisotopic (exact) mass is 172 g/mol. The molecule has 0 radical (unpaired) electrons. The molecule has 6 N–H and O–H groups in total. The minimum atomic E-state index is 0.591. The summed E-state index contributed by atoms with van der Waals surface area (Å²) in [5.74, 6) is 0. The Morgan fingerprint density at radius 2 is 1.58 bits per heavy atom. The Bertz CT molecular complexity index is 151. The molecule has 0 aromatic rings. The van der Waals surface area contributed by atoms with Gasteiger partial charge in [-0.1, -0.05) is 0 Å². The van der Waals surface area contributed by atoms with Crippen LogP contribution in [0.2, 0.25) is 0 Å². The Morgan fingerprint density at radius 1 is 1.08 bits per heavy atom. The zero-order valence-electron chi connectivity index (χ0n) is 8.01. The van der Waals surface area contributed by atoms with Crippen LogP contribution in [0.25, 0.3) is 0 Å². The number of nitrogens with zero attached hydrogens (tertiary/aromatic N) is 1. The molecule has 0 unspecified atom stereocenters. The van der Waals surface area contributed by atoms with Gasteiger partial charge in [-0.3, -0.25) is 0 Å². The molecule has 0 atom stereocenters. The van der Waals surface area contributed by atoms with Gasteiger partial charge in [0.2, 0.25) is 0 Å². The van der Waals surface area contributed by atoms with E-state index in [2.05, 4.69) is 0 Å². The van der Waals surface area contributed by atoms with Gasteiger partial charge >= 0.3 is 0 Å². The zero-order chi connectivity index (χ0) is 9.56. The zero-order valence-corrected chi connectivity index (χ0v) is 8.01. The van der Waals surface area contributed by atoms with Crippen molar-refractivity contribution in [3.05, 3.63) is 11.4 Å². The lowest BCUT2D eigenvalue weighted by molar-refractivity contribution is 0.477. The van der Waals surface area contributed by atoms with Crippen molar-refractivity contribution >= 4 is 0 Å². The van der Waals surface area contributed by atoms with Crippen LogP contribution >= 0.6 is 0 Å². The smallest absolute Gasteiger partial charge is 0.0331 e. The highest BCUT2D eigenvalue weighted by Crippen LogP contribution is 2.08. The van der Waals surface area contributed by atoms with E-state index in [1.165, 1.54) is 0 Å². The van der Waals surface area contributed by atoms with Crippen LogP contribution in [-0.4, -0.2) is 32.1 Å². The van der Waals surface area contributed by atoms with Crippen molar-refractivity contribution in [2.24, 2.45) is 17.2 Å². The summed E-state index contributed by atoms with van der Waals surface area (Å²) in [6, 6.07) is 0. The molecule has 12 heavy (non-hydrogen) atoms. The summed E-state index contributed by atoms with van der Waals surface area (Å²) < 4.78 is 0. The van der Waals surface area contributed by atoms with Crippen molar-refractivity contribution in [1.29, 1.82) is 0 Å². The SMILES string of the molecule is CN(C)C(CCN)=C(N)CCN. The van der Waals surface area contributed by atoms with Crippen LogP contribution in [0.1, 0.15) is 12.8 Å². The molecular formula is C8H20N4. The summed E-state index contributed by atoms with van der Waals surface area (Å²) in [6.07, 6.45) is 1.56. The first-order valence-corrected chi connectivity index (χ1v) is 4.18. The summed E-state index contributed by atoms with van der Waals surface area (Å²) in [7, 11) is 3.93. The molecule has 0 heterocycles. The normalized spacial score (nSPS) is 12.7. The van der Waals surface area contributed by atoms with Crippen LogP contribution in [0.4, 0.5) is 0 Å². The molecule has 0 bridgehead atoms. The molecule has 0 aliphatic rings. The second-order valence-corrected chi connectivity index (χ2v) is 2.94. The van der Waals surface area contributed by atoms with Gasteiger partial charge in [0.1, 0.15) is 0 Å². The molecule has 72 valence electrons. The van der Waals surface area contributed by atoms with Crippen LogP contribution in [0.5, 0.6) is 0 Å². The second kappa shape index (κ2) is 5.85. The number of rotatable bonds is 5. The van der Waals surface area contributed by atoms with E-state index in [4.69, 9.17) is 17.2 Å². The summed E-state index contributed by atoms with van der Waals surface area (Å²) >= 11 is 0. The average molecular weight is 172 g/mol. The predicted octanol–water partition coefficient (Wildman–Crippen LogP) is -0.584. The van der Waals surface area contributed by atoms with E-state index in [1.807, 2.05) is 19.0 Å². The minimum absolute atomic E-state index is 0.591. The first kappa shape index (κ1) is 11.3. The number of hydrogen-bond acceptors (Lipinski definition) is 4. The fourth-order valence-electron chi connectivity index (χ4n) is 1.11. The Hall–Kier alpha value is -0.740.